The van der Waals surface area contributed by atoms with E-state index in [1.165, 1.54) is 0 Å². The smallest absolute Gasteiger partial charge is 0.144 e. The molecule has 0 aliphatic carbocycles. The van der Waals surface area contributed by atoms with Crippen LogP contribution < -0.4 is 0 Å². The van der Waals surface area contributed by atoms with Gasteiger partial charge in [-0.15, -0.1) is 0 Å². The van der Waals surface area contributed by atoms with Gasteiger partial charge in [0.2, 0.25) is 0 Å². The highest BCUT2D eigenvalue weighted by Crippen LogP contribution is 2.16. The summed E-state index contributed by atoms with van der Waals surface area (Å²) in [5.41, 5.74) is 0. The summed E-state index contributed by atoms with van der Waals surface area (Å²) in [6.45, 7) is 10.0. The van der Waals surface area contributed by atoms with Gasteiger partial charge in [-0.25, -0.2) is 0 Å². The van der Waals surface area contributed by atoms with Crippen molar-refractivity contribution in [2.75, 3.05) is 0 Å². The first kappa shape index (κ1) is 12.0. The van der Waals surface area contributed by atoms with E-state index in [2.05, 4.69) is 18.2 Å². The van der Waals surface area contributed by atoms with Crippen LogP contribution in [0.5, 0.6) is 0 Å². The van der Waals surface area contributed by atoms with Gasteiger partial charge in [-0.05, 0) is 33.1 Å². The summed E-state index contributed by atoms with van der Waals surface area (Å²) in [5, 5.41) is 0. The number of hydrogen-bond acceptors (Lipinski definition) is 2. The van der Waals surface area contributed by atoms with Crippen molar-refractivity contribution in [3.05, 3.63) is 0 Å². The molecule has 0 aliphatic heterocycles. The van der Waals surface area contributed by atoms with E-state index < -0.39 is 11.4 Å². The van der Waals surface area contributed by atoms with E-state index in [9.17, 15) is 4.55 Å². The highest BCUT2D eigenvalue weighted by Gasteiger charge is 2.25. The molecule has 0 bridgehead atoms. The Bertz CT molecular complexity index is 149. The summed E-state index contributed by atoms with van der Waals surface area (Å²) < 4.78 is 15.1. The fourth-order valence-electron chi connectivity index (χ4n) is 0.480. The molecule has 0 unspecified atom stereocenters. The van der Waals surface area contributed by atoms with E-state index in [0.29, 0.717) is 5.92 Å². The minimum absolute atomic E-state index is 0.229. The second-order valence-electron chi connectivity index (χ2n) is 4.28. The average Bonchev–Trinajstić information content (AvgIpc) is 1.84. The highest BCUT2D eigenvalue weighted by molar-refractivity contribution is 7.91. The first-order chi connectivity index (χ1) is 5.34. The molecule has 2 nitrogen and oxygen atoms in total. The molecule has 0 saturated carbocycles. The SMILES string of the molecule is CC(C)C/C=N/[S@+]([O-])C(C)(C)C. The Hall–Kier alpha value is -0.0200. The summed E-state index contributed by atoms with van der Waals surface area (Å²) in [5.74, 6) is 0.589. The third-order valence-corrected chi connectivity index (χ3v) is 2.66. The van der Waals surface area contributed by atoms with E-state index in [4.69, 9.17) is 0 Å². The first-order valence-corrected chi connectivity index (χ1v) is 5.39. The molecule has 0 rings (SSSR count). The van der Waals surface area contributed by atoms with Crippen LogP contribution in [0.4, 0.5) is 0 Å². The lowest BCUT2D eigenvalue weighted by Gasteiger charge is -2.17. The Kier molecular flexibility index (Phi) is 4.87. The molecule has 0 aromatic rings. The van der Waals surface area contributed by atoms with Gasteiger partial charge in [0.25, 0.3) is 0 Å². The van der Waals surface area contributed by atoms with E-state index in [0.717, 1.165) is 6.42 Å². The molecule has 12 heavy (non-hydrogen) atoms. The molecule has 0 heterocycles. The summed E-state index contributed by atoms with van der Waals surface area (Å²) in [7, 11) is 0. The molecule has 0 saturated heterocycles. The minimum Gasteiger partial charge on any atom is -0.591 e. The lowest BCUT2D eigenvalue weighted by Crippen LogP contribution is -2.25. The van der Waals surface area contributed by atoms with E-state index in [1.54, 1.807) is 6.21 Å². The van der Waals surface area contributed by atoms with Gasteiger partial charge in [-0.1, -0.05) is 18.2 Å². The Labute approximate surface area is 78.8 Å². The van der Waals surface area contributed by atoms with Crippen molar-refractivity contribution < 1.29 is 4.55 Å². The van der Waals surface area contributed by atoms with Crippen LogP contribution in [0.2, 0.25) is 0 Å². The summed E-state index contributed by atoms with van der Waals surface area (Å²) in [4.78, 5) is 0. The molecule has 3 heteroatoms. The van der Waals surface area contributed by atoms with Gasteiger partial charge in [-0.3, -0.25) is 0 Å². The fourth-order valence-corrected chi connectivity index (χ4v) is 1.02. The fraction of sp³-hybridized carbons (Fsp3) is 0.889. The third-order valence-electron chi connectivity index (χ3n) is 1.27. The maximum atomic E-state index is 11.4. The monoisotopic (exact) mass is 189 g/mol. The van der Waals surface area contributed by atoms with Crippen molar-refractivity contribution in [1.82, 2.24) is 0 Å². The molecule has 0 aliphatic rings. The topological polar surface area (TPSA) is 35.4 Å². The Balaban J connectivity index is 3.84. The molecular formula is C9H19NOS. The third kappa shape index (κ3) is 5.61. The molecule has 0 amide bonds. The lowest BCUT2D eigenvalue weighted by atomic mass is 10.2. The largest absolute Gasteiger partial charge is 0.591 e. The predicted molar refractivity (Wildman–Crippen MR) is 55.8 cm³/mol. The maximum absolute atomic E-state index is 11.4. The Morgan fingerprint density at radius 1 is 1.42 bits per heavy atom. The van der Waals surface area contributed by atoms with Gasteiger partial charge in [0, 0.05) is 0 Å². The zero-order valence-electron chi connectivity index (χ0n) is 8.63. The van der Waals surface area contributed by atoms with Crippen LogP contribution in [-0.2, 0) is 11.4 Å². The molecular weight excluding hydrogens is 170 g/mol. The standard InChI is InChI=1S/C9H19NOS/c1-8(2)6-7-10-12(11)9(3,4)5/h7-8H,6H2,1-5H3/b10-7+/t12-/m1/s1. The van der Waals surface area contributed by atoms with Crippen molar-refractivity contribution in [2.24, 2.45) is 10.3 Å². The predicted octanol–water partition coefficient (Wildman–Crippen LogP) is 2.57. The first-order valence-electron chi connectivity index (χ1n) is 4.28. The number of hydrogen-bond donors (Lipinski definition) is 0. The van der Waals surface area contributed by atoms with Crippen molar-refractivity contribution in [2.45, 2.75) is 45.8 Å². The minimum atomic E-state index is -1.08. The van der Waals surface area contributed by atoms with Crippen LogP contribution in [0.15, 0.2) is 4.40 Å². The molecule has 0 fully saturated rings. The Morgan fingerprint density at radius 3 is 2.25 bits per heavy atom. The second-order valence-corrected chi connectivity index (χ2v) is 6.21. The van der Waals surface area contributed by atoms with Crippen LogP contribution in [-0.4, -0.2) is 15.5 Å². The maximum Gasteiger partial charge on any atom is 0.144 e. The zero-order valence-corrected chi connectivity index (χ0v) is 9.44. The molecule has 72 valence electrons. The quantitative estimate of drug-likeness (QED) is 0.496. The summed E-state index contributed by atoms with van der Waals surface area (Å²) >= 11 is -1.08. The van der Waals surface area contributed by atoms with E-state index in [-0.39, 0.29) is 4.75 Å². The molecule has 0 spiro atoms. The molecule has 0 radical (unpaired) electrons. The summed E-state index contributed by atoms with van der Waals surface area (Å²) in [6.07, 6.45) is 2.67. The molecule has 0 aromatic carbocycles. The van der Waals surface area contributed by atoms with Crippen LogP contribution >= 0.6 is 0 Å². The van der Waals surface area contributed by atoms with Gasteiger partial charge in [0.1, 0.15) is 16.1 Å². The molecule has 0 aromatic heterocycles. The normalized spacial score (nSPS) is 15.9. The van der Waals surface area contributed by atoms with Gasteiger partial charge < -0.3 is 4.55 Å². The van der Waals surface area contributed by atoms with Gasteiger partial charge >= 0.3 is 0 Å². The number of rotatable bonds is 3. The number of nitrogens with zero attached hydrogens (tertiary/aromatic N) is 1. The van der Waals surface area contributed by atoms with Crippen molar-refractivity contribution in [1.29, 1.82) is 0 Å². The van der Waals surface area contributed by atoms with E-state index >= 15 is 0 Å². The van der Waals surface area contributed by atoms with Gasteiger partial charge in [0.05, 0.1) is 6.21 Å². The van der Waals surface area contributed by atoms with Crippen LogP contribution in [0, 0.1) is 5.92 Å². The van der Waals surface area contributed by atoms with Crippen molar-refractivity contribution in [3.8, 4) is 0 Å². The molecule has 0 N–H and O–H groups in total. The van der Waals surface area contributed by atoms with Crippen molar-refractivity contribution >= 4 is 17.6 Å². The van der Waals surface area contributed by atoms with Crippen LogP contribution in [0.3, 0.4) is 0 Å². The highest BCUT2D eigenvalue weighted by atomic mass is 32.2. The average molecular weight is 189 g/mol. The van der Waals surface area contributed by atoms with Gasteiger partial charge in [0.15, 0.2) is 0 Å². The lowest BCUT2D eigenvalue weighted by molar-refractivity contribution is 0.561. The molecule has 1 atom stereocenters. The van der Waals surface area contributed by atoms with Crippen LogP contribution in [0.1, 0.15) is 41.0 Å². The Morgan fingerprint density at radius 2 is 1.92 bits per heavy atom. The zero-order chi connectivity index (χ0) is 9.78. The summed E-state index contributed by atoms with van der Waals surface area (Å²) in [6, 6.07) is 0. The van der Waals surface area contributed by atoms with Crippen LogP contribution in [0.25, 0.3) is 0 Å². The van der Waals surface area contributed by atoms with Crippen molar-refractivity contribution in [3.63, 3.8) is 0 Å². The van der Waals surface area contributed by atoms with Gasteiger partial charge in [-0.2, -0.15) is 0 Å². The second kappa shape index (κ2) is 4.87. The van der Waals surface area contributed by atoms with E-state index in [1.807, 2.05) is 20.8 Å².